The summed E-state index contributed by atoms with van der Waals surface area (Å²) in [4.78, 5) is 23.0. The van der Waals surface area contributed by atoms with Crippen molar-refractivity contribution >= 4 is 22.6 Å². The van der Waals surface area contributed by atoms with Gasteiger partial charge in [0.1, 0.15) is 17.4 Å². The number of carbonyl (C=O) groups excluding carboxylic acids is 1. The largest absolute Gasteiger partial charge is 0.497 e. The Morgan fingerprint density at radius 1 is 1.30 bits per heavy atom. The fraction of sp³-hybridized carbons (Fsp3) is 0.364. The molecule has 0 saturated heterocycles. The third-order valence-electron chi connectivity index (χ3n) is 5.66. The van der Waals surface area contributed by atoms with Crippen LogP contribution in [0.5, 0.6) is 5.75 Å². The van der Waals surface area contributed by atoms with Crippen molar-refractivity contribution in [1.82, 2.24) is 29.5 Å². The lowest BCUT2D eigenvalue weighted by molar-refractivity contribution is 0.0767. The molecule has 1 amide bonds. The Hall–Kier alpha value is -3.42. The number of ether oxygens (including phenoxy) is 1. The number of amides is 1. The van der Waals surface area contributed by atoms with Crippen LogP contribution in [-0.2, 0) is 6.42 Å². The molecule has 1 aliphatic carbocycles. The van der Waals surface area contributed by atoms with E-state index in [1.54, 1.807) is 7.11 Å². The zero-order chi connectivity index (χ0) is 20.7. The molecule has 3 aromatic heterocycles. The van der Waals surface area contributed by atoms with E-state index in [9.17, 15) is 4.79 Å². The minimum atomic E-state index is -0.0318. The quantitative estimate of drug-likeness (QED) is 0.511. The summed E-state index contributed by atoms with van der Waals surface area (Å²) in [5.74, 6) is 3.03. The van der Waals surface area contributed by atoms with Gasteiger partial charge in [-0.25, -0.2) is 4.98 Å². The van der Waals surface area contributed by atoms with E-state index in [1.165, 1.54) is 0 Å². The lowest BCUT2D eigenvalue weighted by atomic mass is 10.2. The number of aromatic amines is 1. The summed E-state index contributed by atoms with van der Waals surface area (Å²) >= 11 is 0. The molecule has 5 rings (SSSR count). The molecule has 0 atom stereocenters. The number of hydrogen-bond acceptors (Lipinski definition) is 5. The minimum Gasteiger partial charge on any atom is -0.497 e. The van der Waals surface area contributed by atoms with Gasteiger partial charge in [-0.2, -0.15) is 0 Å². The fourth-order valence-electron chi connectivity index (χ4n) is 3.82. The number of carbonyl (C=O) groups is 1. The third-order valence-corrected chi connectivity index (χ3v) is 5.66. The van der Waals surface area contributed by atoms with Crippen molar-refractivity contribution in [2.75, 3.05) is 20.2 Å². The first-order valence-corrected chi connectivity index (χ1v) is 10.3. The zero-order valence-corrected chi connectivity index (χ0v) is 17.1. The first kappa shape index (κ1) is 18.6. The highest BCUT2D eigenvalue weighted by Gasteiger charge is 2.30. The fourth-order valence-corrected chi connectivity index (χ4v) is 3.82. The SMILES string of the molecule is CCN(CCc1nc2ccc(OC)cc2[nH]1)C(=O)c1cccn2c(C3CC3)nnc12. The Bertz CT molecular complexity index is 1220. The smallest absolute Gasteiger partial charge is 0.257 e. The molecule has 1 fully saturated rings. The normalized spacial score (nSPS) is 13.8. The number of aromatic nitrogens is 5. The van der Waals surface area contributed by atoms with Crippen LogP contribution >= 0.6 is 0 Å². The minimum absolute atomic E-state index is 0.0318. The molecule has 0 unspecified atom stereocenters. The topological polar surface area (TPSA) is 88.4 Å². The van der Waals surface area contributed by atoms with E-state index in [-0.39, 0.29) is 5.91 Å². The van der Waals surface area contributed by atoms with Crippen molar-refractivity contribution in [1.29, 1.82) is 0 Å². The lowest BCUT2D eigenvalue weighted by Gasteiger charge is -2.20. The van der Waals surface area contributed by atoms with Crippen LogP contribution in [0.15, 0.2) is 36.5 Å². The first-order chi connectivity index (χ1) is 14.7. The van der Waals surface area contributed by atoms with E-state index < -0.39 is 0 Å². The summed E-state index contributed by atoms with van der Waals surface area (Å²) in [5.41, 5.74) is 3.05. The van der Waals surface area contributed by atoms with E-state index in [2.05, 4.69) is 20.2 Å². The number of methoxy groups -OCH3 is 1. The molecule has 4 aromatic rings. The molecule has 30 heavy (non-hydrogen) atoms. The van der Waals surface area contributed by atoms with Gasteiger partial charge in [-0.15, -0.1) is 10.2 Å². The maximum absolute atomic E-state index is 13.3. The Morgan fingerprint density at radius 2 is 2.17 bits per heavy atom. The summed E-state index contributed by atoms with van der Waals surface area (Å²) in [5, 5.41) is 8.65. The van der Waals surface area contributed by atoms with E-state index in [0.29, 0.717) is 36.6 Å². The number of benzene rings is 1. The highest BCUT2D eigenvalue weighted by molar-refractivity contribution is 5.99. The molecule has 1 saturated carbocycles. The molecule has 1 aromatic carbocycles. The number of nitrogens with zero attached hydrogens (tertiary/aromatic N) is 5. The highest BCUT2D eigenvalue weighted by Crippen LogP contribution is 2.39. The number of fused-ring (bicyclic) bond motifs is 2. The molecule has 0 radical (unpaired) electrons. The van der Waals surface area contributed by atoms with Gasteiger partial charge in [-0.3, -0.25) is 9.20 Å². The molecular weight excluding hydrogens is 380 g/mol. The van der Waals surface area contributed by atoms with Crippen LogP contribution in [0.1, 0.15) is 47.7 Å². The maximum Gasteiger partial charge on any atom is 0.257 e. The summed E-state index contributed by atoms with van der Waals surface area (Å²) in [7, 11) is 1.65. The number of likely N-dealkylation sites (N-methyl/N-ethyl adjacent to an activating group) is 1. The molecule has 8 nitrogen and oxygen atoms in total. The molecule has 154 valence electrons. The third kappa shape index (κ3) is 3.28. The van der Waals surface area contributed by atoms with Crippen LogP contribution in [0.4, 0.5) is 0 Å². The van der Waals surface area contributed by atoms with Crippen LogP contribution in [0, 0.1) is 0 Å². The molecule has 1 aliphatic rings. The molecule has 3 heterocycles. The molecule has 1 N–H and O–H groups in total. The Labute approximate surface area is 173 Å². The second kappa shape index (κ2) is 7.44. The number of imidazole rings is 1. The predicted molar refractivity (Wildman–Crippen MR) is 113 cm³/mol. The van der Waals surface area contributed by atoms with Crippen molar-refractivity contribution in [3.8, 4) is 5.75 Å². The average Bonchev–Trinajstić information content (AvgIpc) is 3.38. The number of rotatable bonds is 7. The summed E-state index contributed by atoms with van der Waals surface area (Å²) in [6.45, 7) is 3.16. The summed E-state index contributed by atoms with van der Waals surface area (Å²) in [6, 6.07) is 9.48. The van der Waals surface area contributed by atoms with Crippen molar-refractivity contribution in [2.45, 2.75) is 32.1 Å². The monoisotopic (exact) mass is 404 g/mol. The van der Waals surface area contributed by atoms with Crippen molar-refractivity contribution in [2.24, 2.45) is 0 Å². The number of H-pyrrole nitrogens is 1. The van der Waals surface area contributed by atoms with Gasteiger partial charge in [0.05, 0.1) is 23.7 Å². The zero-order valence-electron chi connectivity index (χ0n) is 17.1. The van der Waals surface area contributed by atoms with Gasteiger partial charge in [-0.1, -0.05) is 0 Å². The molecular formula is C22H24N6O2. The predicted octanol–water partition coefficient (Wildman–Crippen LogP) is 3.20. The van der Waals surface area contributed by atoms with Crippen molar-refractivity contribution in [3.05, 3.63) is 53.7 Å². The number of nitrogens with one attached hydrogen (secondary N) is 1. The van der Waals surface area contributed by atoms with Crippen LogP contribution in [0.3, 0.4) is 0 Å². The van der Waals surface area contributed by atoms with Gasteiger partial charge in [0.15, 0.2) is 5.65 Å². The molecule has 0 bridgehead atoms. The van der Waals surface area contributed by atoms with E-state index in [1.807, 2.05) is 52.8 Å². The maximum atomic E-state index is 13.3. The van der Waals surface area contributed by atoms with Gasteiger partial charge in [0.2, 0.25) is 0 Å². The van der Waals surface area contributed by atoms with Gasteiger partial charge in [-0.05, 0) is 44.0 Å². The Balaban J connectivity index is 1.35. The van der Waals surface area contributed by atoms with Gasteiger partial charge in [0.25, 0.3) is 5.91 Å². The molecule has 0 spiro atoms. The first-order valence-electron chi connectivity index (χ1n) is 10.3. The standard InChI is InChI=1S/C22H24N6O2/c1-3-27(12-10-19-23-17-9-8-15(30-2)13-18(17)24-19)22(29)16-5-4-11-28-20(14-6-7-14)25-26-21(16)28/h4-5,8-9,11,13-14H,3,6-7,10,12H2,1-2H3,(H,23,24). The number of pyridine rings is 1. The van der Waals surface area contributed by atoms with Crippen LogP contribution < -0.4 is 4.74 Å². The summed E-state index contributed by atoms with van der Waals surface area (Å²) < 4.78 is 7.23. The van der Waals surface area contributed by atoms with E-state index in [4.69, 9.17) is 4.74 Å². The number of hydrogen-bond donors (Lipinski definition) is 1. The van der Waals surface area contributed by atoms with Gasteiger partial charge >= 0.3 is 0 Å². The van der Waals surface area contributed by atoms with Crippen molar-refractivity contribution in [3.63, 3.8) is 0 Å². The Morgan fingerprint density at radius 3 is 2.93 bits per heavy atom. The summed E-state index contributed by atoms with van der Waals surface area (Å²) in [6.07, 6.45) is 4.87. The van der Waals surface area contributed by atoms with Gasteiger partial charge < -0.3 is 14.6 Å². The average molecular weight is 404 g/mol. The van der Waals surface area contributed by atoms with Crippen LogP contribution in [-0.4, -0.2) is 55.6 Å². The van der Waals surface area contributed by atoms with E-state index >= 15 is 0 Å². The Kier molecular flexibility index (Phi) is 4.61. The van der Waals surface area contributed by atoms with Crippen LogP contribution in [0.25, 0.3) is 16.7 Å². The van der Waals surface area contributed by atoms with Gasteiger partial charge in [0, 0.05) is 37.7 Å². The molecule has 8 heteroatoms. The second-order valence-corrected chi connectivity index (χ2v) is 7.65. The lowest BCUT2D eigenvalue weighted by Crippen LogP contribution is -2.33. The van der Waals surface area contributed by atoms with Crippen molar-refractivity contribution < 1.29 is 9.53 Å². The highest BCUT2D eigenvalue weighted by atomic mass is 16.5. The second-order valence-electron chi connectivity index (χ2n) is 7.65. The van der Waals surface area contributed by atoms with Crippen LogP contribution in [0.2, 0.25) is 0 Å². The molecule has 0 aliphatic heterocycles. The van der Waals surface area contributed by atoms with E-state index in [0.717, 1.165) is 41.3 Å².